The highest BCUT2D eigenvalue weighted by atomic mass is 35.5. The van der Waals surface area contributed by atoms with Crippen molar-refractivity contribution in [2.75, 3.05) is 16.4 Å². The maximum atomic E-state index is 14.5. The SMILES string of the molecule is CCOc1cc(C2C3=CCC4C(=O)N(c5ccc([N+](=O)[O-])cc5)C(=O)C4C3CC3(Cl)C(=O)N(c4ccc(F)cc4)C(=O)C23Cl)ccc1O. The van der Waals surface area contributed by atoms with Gasteiger partial charge in [-0.1, -0.05) is 17.7 Å². The summed E-state index contributed by atoms with van der Waals surface area (Å²) in [6.07, 6.45) is 1.57. The van der Waals surface area contributed by atoms with Crippen molar-refractivity contribution in [2.24, 2.45) is 17.8 Å². The normalized spacial score (nSPS) is 29.4. The van der Waals surface area contributed by atoms with Crippen LogP contribution in [0.5, 0.6) is 11.5 Å². The van der Waals surface area contributed by atoms with E-state index in [1.54, 1.807) is 13.0 Å². The lowest BCUT2D eigenvalue weighted by Crippen LogP contribution is -2.60. The van der Waals surface area contributed by atoms with Gasteiger partial charge in [0.1, 0.15) is 5.82 Å². The minimum atomic E-state index is -2.15. The summed E-state index contributed by atoms with van der Waals surface area (Å²) in [6, 6.07) is 14.1. The van der Waals surface area contributed by atoms with Crippen LogP contribution in [0.2, 0.25) is 0 Å². The van der Waals surface area contributed by atoms with E-state index in [1.807, 2.05) is 0 Å². The molecule has 0 radical (unpaired) electrons. The molecule has 0 aromatic heterocycles. The average molecular weight is 694 g/mol. The van der Waals surface area contributed by atoms with E-state index in [0.29, 0.717) is 11.1 Å². The molecule has 2 aliphatic carbocycles. The van der Waals surface area contributed by atoms with E-state index in [-0.39, 0.29) is 48.0 Å². The Morgan fingerprint density at radius 2 is 1.58 bits per heavy atom. The van der Waals surface area contributed by atoms with Crippen LogP contribution in [0, 0.1) is 33.7 Å². The molecule has 7 rings (SSSR count). The predicted octanol–water partition coefficient (Wildman–Crippen LogP) is 5.61. The molecule has 2 heterocycles. The van der Waals surface area contributed by atoms with Crippen molar-refractivity contribution in [3.8, 4) is 11.5 Å². The van der Waals surface area contributed by atoms with Crippen molar-refractivity contribution in [2.45, 2.75) is 35.4 Å². The standard InChI is InChI=1S/C34H26Cl2FN3O8/c1-2-48-26-15-17(3-14-25(26)41)28-22-12-13-23-27(30(43)38(29(23)42)19-8-10-21(11-9-19)40(46)47)24(22)16-33(35)31(44)39(32(45)34(28,33)36)20-6-4-18(37)5-7-20/h3-12,14-15,23-24,27-28,41H,2,13,16H2,1H3. The fraction of sp³-hybridized carbons (Fsp3) is 0.294. The number of non-ortho nitro benzene ring substituents is 1. The number of nitro groups is 1. The third-order valence-corrected chi connectivity index (χ3v) is 11.2. The van der Waals surface area contributed by atoms with Crippen molar-refractivity contribution in [3.63, 3.8) is 0 Å². The van der Waals surface area contributed by atoms with Gasteiger partial charge in [-0.3, -0.25) is 34.2 Å². The molecule has 4 aliphatic rings. The summed E-state index contributed by atoms with van der Waals surface area (Å²) in [7, 11) is 0. The maximum absolute atomic E-state index is 14.5. The Hall–Kier alpha value is -4.81. The molecule has 14 heteroatoms. The molecule has 1 N–H and O–H groups in total. The number of amides is 4. The number of imide groups is 2. The van der Waals surface area contributed by atoms with E-state index in [9.17, 15) is 38.8 Å². The number of nitrogens with zero attached hydrogens (tertiary/aromatic N) is 3. The first-order valence-corrected chi connectivity index (χ1v) is 15.9. The monoisotopic (exact) mass is 693 g/mol. The van der Waals surface area contributed by atoms with Crippen molar-refractivity contribution in [3.05, 3.63) is 99.9 Å². The van der Waals surface area contributed by atoms with Crippen LogP contribution in [-0.2, 0) is 19.2 Å². The Bertz CT molecular complexity index is 1950. The number of hydrogen-bond donors (Lipinski definition) is 1. The highest BCUT2D eigenvalue weighted by molar-refractivity contribution is 6.58. The number of ether oxygens (including phenoxy) is 1. The van der Waals surface area contributed by atoms with Crippen LogP contribution in [0.4, 0.5) is 21.5 Å². The zero-order valence-electron chi connectivity index (χ0n) is 25.1. The van der Waals surface area contributed by atoms with Crippen LogP contribution < -0.4 is 14.5 Å². The summed E-state index contributed by atoms with van der Waals surface area (Å²) in [5.41, 5.74) is 0.876. The van der Waals surface area contributed by atoms with Gasteiger partial charge in [0.15, 0.2) is 21.2 Å². The molecule has 6 atom stereocenters. The molecule has 3 aromatic carbocycles. The second kappa shape index (κ2) is 11.1. The van der Waals surface area contributed by atoms with Gasteiger partial charge in [0.2, 0.25) is 11.8 Å². The Kier molecular flexibility index (Phi) is 7.37. The fourth-order valence-electron chi connectivity index (χ4n) is 7.73. The van der Waals surface area contributed by atoms with Crippen LogP contribution >= 0.6 is 23.2 Å². The number of fused-ring (bicyclic) bond motifs is 4. The first kappa shape index (κ1) is 31.8. The van der Waals surface area contributed by atoms with Gasteiger partial charge in [-0.15, -0.1) is 23.2 Å². The number of benzene rings is 3. The topological polar surface area (TPSA) is 147 Å². The van der Waals surface area contributed by atoms with Gasteiger partial charge in [-0.2, -0.15) is 0 Å². The molecule has 2 aliphatic heterocycles. The summed E-state index contributed by atoms with van der Waals surface area (Å²) < 4.78 is 19.5. The number of carbonyl (C=O) groups excluding carboxylic acids is 4. The summed E-state index contributed by atoms with van der Waals surface area (Å²) in [6.45, 7) is 1.92. The summed E-state index contributed by atoms with van der Waals surface area (Å²) in [4.78, 5) is 64.9. The van der Waals surface area contributed by atoms with E-state index in [2.05, 4.69) is 0 Å². The number of alkyl halides is 2. The number of allylic oxidation sites excluding steroid dienone is 2. The number of hydrogen-bond acceptors (Lipinski definition) is 8. The molecule has 3 aromatic rings. The molecule has 3 fully saturated rings. The van der Waals surface area contributed by atoms with Gasteiger partial charge >= 0.3 is 0 Å². The van der Waals surface area contributed by atoms with Gasteiger partial charge in [0.05, 0.1) is 34.7 Å². The molecule has 0 spiro atoms. The molecule has 2 saturated heterocycles. The molecule has 0 bridgehead atoms. The Morgan fingerprint density at radius 3 is 2.23 bits per heavy atom. The lowest BCUT2D eigenvalue weighted by atomic mass is 9.56. The van der Waals surface area contributed by atoms with Crippen molar-refractivity contribution < 1.29 is 38.3 Å². The third kappa shape index (κ3) is 4.31. The van der Waals surface area contributed by atoms with Gasteiger partial charge in [0, 0.05) is 18.1 Å². The first-order valence-electron chi connectivity index (χ1n) is 15.1. The van der Waals surface area contributed by atoms with E-state index in [4.69, 9.17) is 27.9 Å². The predicted molar refractivity (Wildman–Crippen MR) is 171 cm³/mol. The maximum Gasteiger partial charge on any atom is 0.269 e. The van der Waals surface area contributed by atoms with Crippen molar-refractivity contribution in [1.29, 1.82) is 0 Å². The quantitative estimate of drug-likeness (QED) is 0.115. The smallest absolute Gasteiger partial charge is 0.269 e. The van der Waals surface area contributed by atoms with Gasteiger partial charge < -0.3 is 9.84 Å². The van der Waals surface area contributed by atoms with Crippen LogP contribution in [0.1, 0.15) is 31.2 Å². The van der Waals surface area contributed by atoms with Gasteiger partial charge in [0.25, 0.3) is 17.5 Å². The van der Waals surface area contributed by atoms with Gasteiger partial charge in [-0.05, 0) is 79.8 Å². The van der Waals surface area contributed by atoms with Crippen LogP contribution in [-0.4, -0.2) is 50.0 Å². The number of rotatable bonds is 6. The number of phenolic OH excluding ortho intramolecular Hbond substituents is 1. The molecule has 1 saturated carbocycles. The molecule has 48 heavy (non-hydrogen) atoms. The van der Waals surface area contributed by atoms with E-state index >= 15 is 0 Å². The molecule has 6 unspecified atom stereocenters. The van der Waals surface area contributed by atoms with Crippen molar-refractivity contribution in [1.82, 2.24) is 0 Å². The molecular weight excluding hydrogens is 668 g/mol. The van der Waals surface area contributed by atoms with Gasteiger partial charge in [-0.25, -0.2) is 9.29 Å². The van der Waals surface area contributed by atoms with E-state index in [1.165, 1.54) is 54.6 Å². The number of halogens is 3. The minimum absolute atomic E-state index is 0.0478. The number of phenols is 1. The van der Waals surface area contributed by atoms with Crippen LogP contribution in [0.3, 0.4) is 0 Å². The number of anilines is 2. The number of carbonyl (C=O) groups is 4. The average Bonchev–Trinajstić information content (AvgIpc) is 3.40. The van der Waals surface area contributed by atoms with E-state index in [0.717, 1.165) is 21.9 Å². The Morgan fingerprint density at radius 1 is 0.938 bits per heavy atom. The lowest BCUT2D eigenvalue weighted by molar-refractivity contribution is -0.384. The largest absolute Gasteiger partial charge is 0.504 e. The molecule has 11 nitrogen and oxygen atoms in total. The zero-order chi connectivity index (χ0) is 34.3. The fourth-order valence-corrected chi connectivity index (χ4v) is 8.67. The van der Waals surface area contributed by atoms with Crippen molar-refractivity contribution >= 4 is 63.9 Å². The Labute approximate surface area is 282 Å². The van der Waals surface area contributed by atoms with Crippen LogP contribution in [0.15, 0.2) is 78.4 Å². The molecule has 4 amide bonds. The van der Waals surface area contributed by atoms with E-state index < -0.39 is 67.8 Å². The summed E-state index contributed by atoms with van der Waals surface area (Å²) in [5, 5.41) is 21.7. The summed E-state index contributed by atoms with van der Waals surface area (Å²) >= 11 is 14.7. The van der Waals surface area contributed by atoms with Crippen LogP contribution in [0.25, 0.3) is 0 Å². The minimum Gasteiger partial charge on any atom is -0.504 e. The molecule has 246 valence electrons. The highest BCUT2D eigenvalue weighted by Gasteiger charge is 2.76. The number of nitro benzene ring substituents is 1. The molecular formula is C34H26Cl2FN3O8. The second-order valence-electron chi connectivity index (χ2n) is 12.2. The highest BCUT2D eigenvalue weighted by Crippen LogP contribution is 2.66. The third-order valence-electron chi connectivity index (χ3n) is 9.83. The second-order valence-corrected chi connectivity index (χ2v) is 13.4. The first-order chi connectivity index (χ1) is 22.8. The lowest BCUT2D eigenvalue weighted by Gasteiger charge is -2.50. The Balaban J connectivity index is 1.38. The number of aromatic hydroxyl groups is 1. The zero-order valence-corrected chi connectivity index (χ0v) is 26.7. The summed E-state index contributed by atoms with van der Waals surface area (Å²) in [5.74, 6) is -7.30.